The summed E-state index contributed by atoms with van der Waals surface area (Å²) in [5.74, 6) is 0. The lowest BCUT2D eigenvalue weighted by Gasteiger charge is -2.27. The van der Waals surface area contributed by atoms with E-state index in [2.05, 4.69) is 105 Å². The van der Waals surface area contributed by atoms with E-state index in [1.807, 2.05) is 0 Å². The minimum atomic E-state index is 0.234. The first-order valence-corrected chi connectivity index (χ1v) is 9.16. The van der Waals surface area contributed by atoms with Crippen LogP contribution in [0.1, 0.15) is 20.8 Å². The van der Waals surface area contributed by atoms with Crippen LogP contribution in [-0.4, -0.2) is 0 Å². The fraction of sp³-hybridized carbons (Fsp3) is 0.100. The summed E-state index contributed by atoms with van der Waals surface area (Å²) in [5.41, 5.74) is 7.86. The van der Waals surface area contributed by atoms with E-state index in [1.54, 1.807) is 0 Å². The summed E-state index contributed by atoms with van der Waals surface area (Å²) in [4.78, 5) is 0.469. The highest BCUT2D eigenvalue weighted by Gasteiger charge is 2.28. The maximum atomic E-state index is 3.91. The van der Waals surface area contributed by atoms with E-state index in [1.165, 1.54) is 33.4 Å². The average molecular weight is 414 g/mol. The molecule has 0 radical (unpaired) electrons. The maximum absolute atomic E-state index is 3.91. The molecule has 2 unspecified atom stereocenters. The molecule has 0 bridgehead atoms. The quantitative estimate of drug-likeness (QED) is 0.351. The van der Waals surface area contributed by atoms with Crippen molar-refractivity contribution in [2.45, 2.75) is 9.65 Å². The highest BCUT2D eigenvalue weighted by atomic mass is 79.9. The van der Waals surface area contributed by atoms with Crippen LogP contribution in [-0.2, 0) is 0 Å². The van der Waals surface area contributed by atoms with Gasteiger partial charge >= 0.3 is 0 Å². The van der Waals surface area contributed by atoms with Crippen molar-refractivity contribution in [2.24, 2.45) is 0 Å². The summed E-state index contributed by atoms with van der Waals surface area (Å²) in [6.07, 6.45) is 0. The molecule has 4 rings (SSSR count). The fourth-order valence-electron chi connectivity index (χ4n) is 3.23. The Labute approximate surface area is 147 Å². The second-order valence-electron chi connectivity index (χ2n) is 5.52. The standard InChI is InChI=1S/C20H14Br2/c21-19-17-11-5-3-9-15(17)13-7-1-2-8-14(13)16-10-4-6-12-18(16)20(19)22/h1-12,19-20H. The van der Waals surface area contributed by atoms with Crippen LogP contribution in [0, 0.1) is 0 Å². The predicted molar refractivity (Wildman–Crippen MR) is 101 cm³/mol. The second kappa shape index (κ2) is 5.68. The fourth-order valence-corrected chi connectivity index (χ4v) is 4.60. The summed E-state index contributed by atoms with van der Waals surface area (Å²) in [6.45, 7) is 0. The number of alkyl halides is 2. The molecule has 0 aromatic heterocycles. The summed E-state index contributed by atoms with van der Waals surface area (Å²) < 4.78 is 0. The molecule has 0 saturated heterocycles. The third kappa shape index (κ3) is 2.17. The van der Waals surface area contributed by atoms with E-state index in [9.17, 15) is 0 Å². The maximum Gasteiger partial charge on any atom is 0.0567 e. The van der Waals surface area contributed by atoms with Gasteiger partial charge in [-0.1, -0.05) is 105 Å². The molecule has 0 amide bonds. The Balaban J connectivity index is 2.13. The second-order valence-corrected chi connectivity index (χ2v) is 7.50. The summed E-state index contributed by atoms with van der Waals surface area (Å²) in [7, 11) is 0. The zero-order chi connectivity index (χ0) is 15.1. The molecular formula is C20H14Br2. The van der Waals surface area contributed by atoms with Crippen molar-refractivity contribution >= 4 is 31.9 Å². The Kier molecular flexibility index (Phi) is 3.67. The Morgan fingerprint density at radius 1 is 0.455 bits per heavy atom. The molecule has 3 aromatic rings. The van der Waals surface area contributed by atoms with Gasteiger partial charge in [0.25, 0.3) is 0 Å². The molecule has 0 heterocycles. The number of fused-ring (bicyclic) bond motifs is 5. The third-order valence-corrected chi connectivity index (χ3v) is 7.03. The molecule has 108 valence electrons. The van der Waals surface area contributed by atoms with Crippen molar-refractivity contribution in [1.82, 2.24) is 0 Å². The zero-order valence-electron chi connectivity index (χ0n) is 11.8. The first-order valence-electron chi connectivity index (χ1n) is 7.33. The molecule has 3 aromatic carbocycles. The minimum absolute atomic E-state index is 0.234. The average Bonchev–Trinajstić information content (AvgIpc) is 2.60. The lowest BCUT2D eigenvalue weighted by Crippen LogP contribution is -2.06. The van der Waals surface area contributed by atoms with Crippen LogP contribution < -0.4 is 0 Å². The van der Waals surface area contributed by atoms with E-state index in [0.717, 1.165) is 0 Å². The van der Waals surface area contributed by atoms with Gasteiger partial charge in [-0.3, -0.25) is 0 Å². The molecule has 0 fully saturated rings. The van der Waals surface area contributed by atoms with Gasteiger partial charge in [0.2, 0.25) is 0 Å². The molecule has 0 saturated carbocycles. The van der Waals surface area contributed by atoms with Gasteiger partial charge in [-0.05, 0) is 33.4 Å². The lowest BCUT2D eigenvalue weighted by molar-refractivity contribution is 0.938. The minimum Gasteiger partial charge on any atom is -0.0823 e. The normalized spacial score (nSPS) is 19.4. The first-order chi connectivity index (χ1) is 10.8. The number of rotatable bonds is 0. The van der Waals surface area contributed by atoms with Gasteiger partial charge in [-0.15, -0.1) is 0 Å². The van der Waals surface area contributed by atoms with Gasteiger partial charge in [-0.2, -0.15) is 0 Å². The third-order valence-electron chi connectivity index (χ3n) is 4.28. The molecular weight excluding hydrogens is 400 g/mol. The van der Waals surface area contributed by atoms with Gasteiger partial charge in [0.15, 0.2) is 0 Å². The first kappa shape index (κ1) is 14.2. The van der Waals surface area contributed by atoms with Crippen LogP contribution in [0.25, 0.3) is 22.3 Å². The monoisotopic (exact) mass is 412 g/mol. The van der Waals surface area contributed by atoms with Gasteiger partial charge in [-0.25, -0.2) is 0 Å². The topological polar surface area (TPSA) is 0 Å². The van der Waals surface area contributed by atoms with Crippen LogP contribution in [0.2, 0.25) is 0 Å². The highest BCUT2D eigenvalue weighted by Crippen LogP contribution is 2.51. The SMILES string of the molecule is BrC1c2ccccc2-c2ccccc2-c2ccccc2C1Br. The van der Waals surface area contributed by atoms with E-state index < -0.39 is 0 Å². The molecule has 2 heteroatoms. The predicted octanol–water partition coefficient (Wildman–Crippen LogP) is 6.91. The molecule has 22 heavy (non-hydrogen) atoms. The largest absolute Gasteiger partial charge is 0.0823 e. The molecule has 0 spiro atoms. The van der Waals surface area contributed by atoms with Crippen LogP contribution in [0.15, 0.2) is 72.8 Å². The van der Waals surface area contributed by atoms with Crippen molar-refractivity contribution in [1.29, 1.82) is 0 Å². The number of hydrogen-bond donors (Lipinski definition) is 0. The van der Waals surface area contributed by atoms with Crippen LogP contribution in [0.5, 0.6) is 0 Å². The van der Waals surface area contributed by atoms with Gasteiger partial charge in [0.1, 0.15) is 0 Å². The van der Waals surface area contributed by atoms with E-state index in [-0.39, 0.29) is 9.65 Å². The van der Waals surface area contributed by atoms with Crippen molar-refractivity contribution < 1.29 is 0 Å². The van der Waals surface area contributed by atoms with Crippen LogP contribution in [0.4, 0.5) is 0 Å². The molecule has 1 aliphatic carbocycles. The van der Waals surface area contributed by atoms with Gasteiger partial charge in [0.05, 0.1) is 9.65 Å². The van der Waals surface area contributed by atoms with Crippen molar-refractivity contribution in [3.63, 3.8) is 0 Å². The molecule has 1 aliphatic rings. The Bertz CT molecular complexity index is 768. The van der Waals surface area contributed by atoms with Crippen molar-refractivity contribution in [2.75, 3.05) is 0 Å². The Hall–Kier alpha value is -1.38. The highest BCUT2D eigenvalue weighted by molar-refractivity contribution is 9.12. The van der Waals surface area contributed by atoms with Crippen molar-refractivity contribution in [3.05, 3.63) is 83.9 Å². The molecule has 2 atom stereocenters. The molecule has 0 nitrogen and oxygen atoms in total. The Morgan fingerprint density at radius 3 is 1.18 bits per heavy atom. The molecule has 0 aliphatic heterocycles. The molecule has 0 N–H and O–H groups in total. The van der Waals surface area contributed by atoms with E-state index >= 15 is 0 Å². The lowest BCUT2D eigenvalue weighted by atomic mass is 9.84. The summed E-state index contributed by atoms with van der Waals surface area (Å²) in [5, 5.41) is 0. The van der Waals surface area contributed by atoms with Gasteiger partial charge < -0.3 is 0 Å². The van der Waals surface area contributed by atoms with Crippen LogP contribution >= 0.6 is 31.9 Å². The van der Waals surface area contributed by atoms with Crippen LogP contribution in [0.3, 0.4) is 0 Å². The number of hydrogen-bond acceptors (Lipinski definition) is 0. The Morgan fingerprint density at radius 2 is 0.773 bits per heavy atom. The van der Waals surface area contributed by atoms with E-state index in [0.29, 0.717) is 0 Å². The zero-order valence-corrected chi connectivity index (χ0v) is 15.0. The number of benzene rings is 3. The summed E-state index contributed by atoms with van der Waals surface area (Å²) in [6, 6.07) is 26.0. The smallest absolute Gasteiger partial charge is 0.0567 e. The van der Waals surface area contributed by atoms with E-state index in [4.69, 9.17) is 0 Å². The summed E-state index contributed by atoms with van der Waals surface area (Å²) >= 11 is 7.82. The van der Waals surface area contributed by atoms with Gasteiger partial charge in [0, 0.05) is 0 Å². The number of halogens is 2. The van der Waals surface area contributed by atoms with Crippen molar-refractivity contribution in [3.8, 4) is 22.3 Å².